The molecule has 0 unspecified atom stereocenters. The van der Waals surface area contributed by atoms with Crippen molar-refractivity contribution in [2.24, 2.45) is 28.8 Å². The third-order valence-electron chi connectivity index (χ3n) is 4.41. The lowest BCUT2D eigenvalue weighted by Gasteiger charge is -2.50. The molecule has 15 heavy (non-hydrogen) atoms. The Balaban J connectivity index is 1.72. The average Bonchev–Trinajstić information content (AvgIpc) is 2.21. The van der Waals surface area contributed by atoms with Crippen LogP contribution >= 0.6 is 0 Å². The molecule has 0 amide bonds. The van der Waals surface area contributed by atoms with Crippen molar-refractivity contribution in [3.8, 4) is 0 Å². The minimum absolute atomic E-state index is 0.178. The van der Waals surface area contributed by atoms with Crippen molar-refractivity contribution in [2.45, 2.75) is 32.1 Å². The summed E-state index contributed by atoms with van der Waals surface area (Å²) in [6.45, 7) is 0.771. The number of nitrogens with one attached hydrogen (secondary N) is 1. The minimum Gasteiger partial charge on any atom is -0.394 e. The summed E-state index contributed by atoms with van der Waals surface area (Å²) in [5.74, 6) is 3.55. The van der Waals surface area contributed by atoms with E-state index in [1.54, 1.807) is 0 Å². The Kier molecular flexibility index (Phi) is 2.43. The number of rotatable bonds is 3. The molecule has 2 N–H and O–H groups in total. The average molecular weight is 208 g/mol. The molecule has 4 rings (SSSR count). The second kappa shape index (κ2) is 3.78. The molecule has 0 aromatic heterocycles. The second-order valence-electron chi connectivity index (χ2n) is 5.47. The summed E-state index contributed by atoms with van der Waals surface area (Å²) in [4.78, 5) is 0. The molecule has 84 valence electrons. The normalized spacial score (nSPS) is 42.1. The van der Waals surface area contributed by atoms with Crippen LogP contribution in [0.5, 0.6) is 0 Å². The number of aliphatic hydroxyl groups is 1. The van der Waals surface area contributed by atoms with E-state index in [1.807, 2.05) is 0 Å². The van der Waals surface area contributed by atoms with Crippen LogP contribution in [0.1, 0.15) is 32.1 Å². The zero-order chi connectivity index (χ0) is 10.3. The lowest BCUT2D eigenvalue weighted by Crippen LogP contribution is -2.46. The van der Waals surface area contributed by atoms with E-state index in [0.717, 1.165) is 23.7 Å². The molecular formula is C12H20N2O. The van der Waals surface area contributed by atoms with Crippen molar-refractivity contribution in [2.75, 3.05) is 13.2 Å². The first-order valence-corrected chi connectivity index (χ1v) is 6.28. The highest BCUT2D eigenvalue weighted by atomic mass is 16.3. The van der Waals surface area contributed by atoms with E-state index in [9.17, 15) is 0 Å². The molecule has 3 heteroatoms. The monoisotopic (exact) mass is 208 g/mol. The largest absolute Gasteiger partial charge is 0.394 e. The van der Waals surface area contributed by atoms with Gasteiger partial charge in [0.05, 0.1) is 13.2 Å². The number of aliphatic hydroxyl groups excluding tert-OH is 1. The van der Waals surface area contributed by atoms with E-state index in [1.165, 1.54) is 37.8 Å². The van der Waals surface area contributed by atoms with Gasteiger partial charge in [-0.2, -0.15) is 5.10 Å². The highest BCUT2D eigenvalue weighted by Crippen LogP contribution is 2.52. The Morgan fingerprint density at radius 1 is 1.07 bits per heavy atom. The molecule has 0 aliphatic heterocycles. The number of nitrogens with zero attached hydrogens (tertiary/aromatic N) is 1. The summed E-state index contributed by atoms with van der Waals surface area (Å²) in [6.07, 6.45) is 7.02. The van der Waals surface area contributed by atoms with Crippen LogP contribution in [0.25, 0.3) is 0 Å². The first-order valence-electron chi connectivity index (χ1n) is 6.28. The van der Waals surface area contributed by atoms with E-state index in [-0.39, 0.29) is 6.61 Å². The maximum absolute atomic E-state index is 8.72. The predicted molar refractivity (Wildman–Crippen MR) is 59.6 cm³/mol. The molecule has 0 aromatic rings. The van der Waals surface area contributed by atoms with Crippen LogP contribution in [0.3, 0.4) is 0 Å². The van der Waals surface area contributed by atoms with E-state index in [0.29, 0.717) is 6.54 Å². The maximum atomic E-state index is 8.72. The van der Waals surface area contributed by atoms with Crippen molar-refractivity contribution in [3.05, 3.63) is 0 Å². The van der Waals surface area contributed by atoms with Crippen molar-refractivity contribution in [3.63, 3.8) is 0 Å². The summed E-state index contributed by atoms with van der Waals surface area (Å²) in [5, 5.41) is 13.2. The van der Waals surface area contributed by atoms with Crippen LogP contribution in [0.4, 0.5) is 0 Å². The van der Waals surface area contributed by atoms with Crippen LogP contribution in [-0.4, -0.2) is 24.0 Å². The van der Waals surface area contributed by atoms with Gasteiger partial charge in [0.1, 0.15) is 0 Å². The van der Waals surface area contributed by atoms with Gasteiger partial charge in [-0.1, -0.05) is 0 Å². The molecule has 0 aromatic carbocycles. The molecule has 4 aliphatic carbocycles. The lowest BCUT2D eigenvalue weighted by atomic mass is 9.55. The predicted octanol–water partition coefficient (Wildman–Crippen LogP) is 1.38. The Morgan fingerprint density at radius 3 is 2.20 bits per heavy atom. The fraction of sp³-hybridized carbons (Fsp3) is 0.917. The Labute approximate surface area is 90.9 Å². The van der Waals surface area contributed by atoms with Gasteiger partial charge in [0, 0.05) is 5.71 Å². The summed E-state index contributed by atoms with van der Waals surface area (Å²) in [6, 6.07) is 0. The van der Waals surface area contributed by atoms with Gasteiger partial charge in [-0.3, -0.25) is 0 Å². The van der Waals surface area contributed by atoms with Crippen LogP contribution in [0.2, 0.25) is 0 Å². The van der Waals surface area contributed by atoms with Gasteiger partial charge in [0.15, 0.2) is 0 Å². The molecule has 4 saturated carbocycles. The number of hydrazone groups is 1. The Bertz CT molecular complexity index is 245. The molecule has 0 radical (unpaired) electrons. The maximum Gasteiger partial charge on any atom is 0.0620 e. The SMILES string of the molecule is OCCNN=C1C2CC3CC(C2)CC1C3. The first kappa shape index (κ1) is 9.64. The Morgan fingerprint density at radius 2 is 1.67 bits per heavy atom. The summed E-state index contributed by atoms with van der Waals surface area (Å²) < 4.78 is 0. The van der Waals surface area contributed by atoms with Crippen LogP contribution in [-0.2, 0) is 0 Å². The molecule has 0 atom stereocenters. The van der Waals surface area contributed by atoms with Crippen LogP contribution < -0.4 is 5.43 Å². The first-order chi connectivity index (χ1) is 7.36. The lowest BCUT2D eigenvalue weighted by molar-refractivity contribution is 0.108. The summed E-state index contributed by atoms with van der Waals surface area (Å²) >= 11 is 0. The van der Waals surface area contributed by atoms with E-state index in [2.05, 4.69) is 10.5 Å². The topological polar surface area (TPSA) is 44.6 Å². The van der Waals surface area contributed by atoms with E-state index >= 15 is 0 Å². The smallest absolute Gasteiger partial charge is 0.0620 e. The molecular weight excluding hydrogens is 188 g/mol. The third-order valence-corrected chi connectivity index (χ3v) is 4.41. The van der Waals surface area contributed by atoms with Crippen molar-refractivity contribution in [1.29, 1.82) is 0 Å². The van der Waals surface area contributed by atoms with Crippen molar-refractivity contribution >= 4 is 5.71 Å². The number of hydrogen-bond acceptors (Lipinski definition) is 3. The van der Waals surface area contributed by atoms with Crippen LogP contribution in [0.15, 0.2) is 5.10 Å². The fourth-order valence-corrected chi connectivity index (χ4v) is 4.05. The molecule has 0 saturated heterocycles. The van der Waals surface area contributed by atoms with E-state index < -0.39 is 0 Å². The van der Waals surface area contributed by atoms with Gasteiger partial charge >= 0.3 is 0 Å². The molecule has 4 fully saturated rings. The van der Waals surface area contributed by atoms with Gasteiger partial charge in [0.25, 0.3) is 0 Å². The highest BCUT2D eigenvalue weighted by molar-refractivity contribution is 5.90. The molecule has 3 nitrogen and oxygen atoms in total. The third kappa shape index (κ3) is 1.67. The molecule has 4 aliphatic rings. The highest BCUT2D eigenvalue weighted by Gasteiger charge is 2.46. The quantitative estimate of drug-likeness (QED) is 0.543. The minimum atomic E-state index is 0.178. The molecule has 4 bridgehead atoms. The molecule has 0 heterocycles. The zero-order valence-electron chi connectivity index (χ0n) is 9.15. The summed E-state index contributed by atoms with van der Waals surface area (Å²) in [7, 11) is 0. The van der Waals surface area contributed by atoms with Gasteiger partial charge in [-0.25, -0.2) is 0 Å². The van der Waals surface area contributed by atoms with Crippen molar-refractivity contribution in [1.82, 2.24) is 5.43 Å². The second-order valence-corrected chi connectivity index (χ2v) is 5.47. The summed E-state index contributed by atoms with van der Waals surface area (Å²) in [5.41, 5.74) is 4.43. The van der Waals surface area contributed by atoms with Gasteiger partial charge in [0.2, 0.25) is 0 Å². The fourth-order valence-electron chi connectivity index (χ4n) is 4.05. The van der Waals surface area contributed by atoms with Crippen molar-refractivity contribution < 1.29 is 5.11 Å². The van der Waals surface area contributed by atoms with Gasteiger partial charge < -0.3 is 10.5 Å². The van der Waals surface area contributed by atoms with Gasteiger partial charge in [-0.15, -0.1) is 0 Å². The van der Waals surface area contributed by atoms with E-state index in [4.69, 9.17) is 5.11 Å². The Hall–Kier alpha value is -0.570. The van der Waals surface area contributed by atoms with Crippen LogP contribution in [0, 0.1) is 23.7 Å². The van der Waals surface area contributed by atoms with Gasteiger partial charge in [-0.05, 0) is 55.8 Å². The number of hydrogen-bond donors (Lipinski definition) is 2. The standard InChI is InChI=1S/C12H20N2O/c15-2-1-13-14-12-10-4-8-3-9(6-10)7-11(12)5-8/h8-11,13,15H,1-7H2. The molecule has 0 spiro atoms. The zero-order valence-corrected chi connectivity index (χ0v) is 9.15.